The molecule has 0 aliphatic heterocycles. The van der Waals surface area contributed by atoms with E-state index in [1.165, 1.54) is 11.8 Å². The zero-order valence-electron chi connectivity index (χ0n) is 15.4. The summed E-state index contributed by atoms with van der Waals surface area (Å²) in [5.74, 6) is 2.35. The molecule has 0 amide bonds. The lowest BCUT2D eigenvalue weighted by Crippen LogP contribution is -1.97. The molecule has 0 saturated carbocycles. The van der Waals surface area contributed by atoms with Crippen LogP contribution in [0.2, 0.25) is 0 Å². The van der Waals surface area contributed by atoms with E-state index in [0.717, 1.165) is 22.7 Å². The first kappa shape index (κ1) is 17.5. The Morgan fingerprint density at radius 2 is 1.89 bits per heavy atom. The topological polar surface area (TPSA) is 91.2 Å². The lowest BCUT2D eigenvalue weighted by Gasteiger charge is -2.02. The first-order valence-electron chi connectivity index (χ1n) is 8.39. The van der Waals surface area contributed by atoms with Crippen LogP contribution in [-0.4, -0.2) is 36.9 Å². The molecule has 0 bridgehead atoms. The smallest absolute Gasteiger partial charge is 0.253 e. The zero-order chi connectivity index (χ0) is 19.0. The number of ether oxygens (including phenoxy) is 1. The lowest BCUT2D eigenvalue weighted by atomic mass is 10.2. The predicted molar refractivity (Wildman–Crippen MR) is 101 cm³/mol. The third kappa shape index (κ3) is 3.50. The van der Waals surface area contributed by atoms with Gasteiger partial charge in [0.15, 0.2) is 0 Å². The first-order valence-corrected chi connectivity index (χ1v) is 9.27. The summed E-state index contributed by atoms with van der Waals surface area (Å²) in [5.41, 5.74) is 2.75. The van der Waals surface area contributed by atoms with Gasteiger partial charge in [-0.25, -0.2) is 9.50 Å². The van der Waals surface area contributed by atoms with Crippen LogP contribution in [0.4, 0.5) is 0 Å². The molecule has 27 heavy (non-hydrogen) atoms. The Labute approximate surface area is 160 Å². The summed E-state index contributed by atoms with van der Waals surface area (Å²) in [4.78, 5) is 8.89. The van der Waals surface area contributed by atoms with Crippen molar-refractivity contribution < 1.29 is 9.15 Å². The van der Waals surface area contributed by atoms with Gasteiger partial charge in [0, 0.05) is 17.0 Å². The molecule has 4 rings (SSSR count). The monoisotopic (exact) mass is 382 g/mol. The zero-order valence-corrected chi connectivity index (χ0v) is 16.2. The number of rotatable bonds is 5. The molecular weight excluding hydrogens is 364 g/mol. The molecule has 8 nitrogen and oxygen atoms in total. The quantitative estimate of drug-likeness (QED) is 0.483. The Hall–Kier alpha value is -2.94. The molecule has 0 radical (unpaired) electrons. The average molecular weight is 382 g/mol. The van der Waals surface area contributed by atoms with Gasteiger partial charge in [-0.05, 0) is 51.1 Å². The molecule has 0 N–H and O–H groups in total. The van der Waals surface area contributed by atoms with Crippen molar-refractivity contribution in [2.45, 2.75) is 31.2 Å². The van der Waals surface area contributed by atoms with Gasteiger partial charge in [0.25, 0.3) is 5.78 Å². The summed E-state index contributed by atoms with van der Waals surface area (Å²) in [7, 11) is 1.63. The molecule has 0 aliphatic rings. The van der Waals surface area contributed by atoms with Crippen molar-refractivity contribution in [3.05, 3.63) is 47.6 Å². The largest absolute Gasteiger partial charge is 0.497 e. The van der Waals surface area contributed by atoms with Crippen LogP contribution in [0, 0.1) is 13.8 Å². The number of aromatic nitrogens is 6. The van der Waals surface area contributed by atoms with E-state index >= 15 is 0 Å². The Balaban J connectivity index is 1.54. The van der Waals surface area contributed by atoms with Crippen molar-refractivity contribution in [1.82, 2.24) is 29.8 Å². The van der Waals surface area contributed by atoms with Crippen LogP contribution in [0.15, 0.2) is 39.9 Å². The Kier molecular flexibility index (Phi) is 4.53. The summed E-state index contributed by atoms with van der Waals surface area (Å²) >= 11 is 1.45. The van der Waals surface area contributed by atoms with Crippen LogP contribution in [0.1, 0.15) is 29.5 Å². The number of nitrogens with zero attached hydrogens (tertiary/aromatic N) is 6. The van der Waals surface area contributed by atoms with Crippen molar-refractivity contribution in [2.75, 3.05) is 7.11 Å². The molecule has 138 valence electrons. The lowest BCUT2D eigenvalue weighted by molar-refractivity contribution is 0.415. The highest BCUT2D eigenvalue weighted by Gasteiger charge is 2.19. The highest BCUT2D eigenvalue weighted by Crippen LogP contribution is 2.33. The highest BCUT2D eigenvalue weighted by molar-refractivity contribution is 7.99. The fourth-order valence-corrected chi connectivity index (χ4v) is 3.43. The van der Waals surface area contributed by atoms with Gasteiger partial charge in [0.05, 0.1) is 12.4 Å². The maximum absolute atomic E-state index is 5.83. The number of fused-ring (bicyclic) bond motifs is 1. The molecular formula is C18H18N6O2S. The Morgan fingerprint density at radius 3 is 2.63 bits per heavy atom. The van der Waals surface area contributed by atoms with Crippen molar-refractivity contribution in [1.29, 1.82) is 0 Å². The van der Waals surface area contributed by atoms with Gasteiger partial charge < -0.3 is 9.15 Å². The molecule has 4 aromatic rings. The highest BCUT2D eigenvalue weighted by atomic mass is 32.2. The van der Waals surface area contributed by atoms with Crippen molar-refractivity contribution in [3.8, 4) is 17.2 Å². The molecule has 0 spiro atoms. The Morgan fingerprint density at radius 1 is 1.11 bits per heavy atom. The van der Waals surface area contributed by atoms with Gasteiger partial charge in [-0.15, -0.1) is 15.3 Å². The third-order valence-electron chi connectivity index (χ3n) is 4.01. The number of benzene rings is 1. The first-order chi connectivity index (χ1) is 13.0. The molecule has 1 aromatic carbocycles. The van der Waals surface area contributed by atoms with Gasteiger partial charge in [0.1, 0.15) is 5.75 Å². The van der Waals surface area contributed by atoms with Gasteiger partial charge >= 0.3 is 0 Å². The van der Waals surface area contributed by atoms with E-state index in [0.29, 0.717) is 22.7 Å². The Bertz CT molecular complexity index is 1090. The van der Waals surface area contributed by atoms with E-state index in [1.54, 1.807) is 11.6 Å². The summed E-state index contributed by atoms with van der Waals surface area (Å²) in [6, 6.07) is 9.45. The standard InChI is InChI=1S/C18H18N6O2S/c1-10-9-11(2)24-17(19-10)20-18(23-24)27-12(3)15-21-22-16(26-15)13-5-7-14(25-4)8-6-13/h5-9,12H,1-4H3/t12-/m1/s1. The van der Waals surface area contributed by atoms with Crippen LogP contribution >= 0.6 is 11.8 Å². The second-order valence-corrected chi connectivity index (χ2v) is 7.39. The fraction of sp³-hybridized carbons (Fsp3) is 0.278. The molecule has 1 atom stereocenters. The van der Waals surface area contributed by atoms with Crippen LogP contribution < -0.4 is 4.74 Å². The molecule has 0 saturated heterocycles. The second-order valence-electron chi connectivity index (χ2n) is 6.08. The van der Waals surface area contributed by atoms with Crippen LogP contribution in [0.5, 0.6) is 5.75 Å². The van der Waals surface area contributed by atoms with Gasteiger partial charge in [-0.2, -0.15) is 4.98 Å². The molecule has 3 heterocycles. The van der Waals surface area contributed by atoms with E-state index in [9.17, 15) is 0 Å². The maximum Gasteiger partial charge on any atom is 0.253 e. The van der Waals surface area contributed by atoms with E-state index < -0.39 is 0 Å². The van der Waals surface area contributed by atoms with E-state index in [4.69, 9.17) is 9.15 Å². The molecule has 0 aliphatic carbocycles. The average Bonchev–Trinajstić information content (AvgIpc) is 3.29. The van der Waals surface area contributed by atoms with Crippen LogP contribution in [0.3, 0.4) is 0 Å². The van der Waals surface area contributed by atoms with E-state index in [-0.39, 0.29) is 5.25 Å². The predicted octanol–water partition coefficient (Wildman–Crippen LogP) is 3.65. The minimum atomic E-state index is -0.0942. The number of thioether (sulfide) groups is 1. The molecule has 9 heteroatoms. The summed E-state index contributed by atoms with van der Waals surface area (Å²) in [6.07, 6.45) is 0. The number of methoxy groups -OCH3 is 1. The normalized spacial score (nSPS) is 12.4. The molecule has 0 unspecified atom stereocenters. The van der Waals surface area contributed by atoms with Crippen LogP contribution in [0.25, 0.3) is 17.2 Å². The minimum Gasteiger partial charge on any atom is -0.497 e. The van der Waals surface area contributed by atoms with E-state index in [1.807, 2.05) is 51.1 Å². The van der Waals surface area contributed by atoms with Crippen molar-refractivity contribution in [3.63, 3.8) is 0 Å². The third-order valence-corrected chi connectivity index (χ3v) is 4.95. The summed E-state index contributed by atoms with van der Waals surface area (Å²) in [6.45, 7) is 5.90. The van der Waals surface area contributed by atoms with Crippen molar-refractivity contribution in [2.24, 2.45) is 0 Å². The SMILES string of the molecule is COc1ccc(-c2nnc([C@@H](C)Sc3nc4nc(C)cc(C)n4n3)o2)cc1. The second kappa shape index (κ2) is 6.99. The summed E-state index contributed by atoms with van der Waals surface area (Å²) in [5, 5.41) is 13.3. The molecule has 0 fully saturated rings. The minimum absolute atomic E-state index is 0.0942. The number of aryl methyl sites for hydroxylation is 2. The van der Waals surface area contributed by atoms with E-state index in [2.05, 4.69) is 25.3 Å². The van der Waals surface area contributed by atoms with Crippen molar-refractivity contribution >= 4 is 17.5 Å². The van der Waals surface area contributed by atoms with Crippen LogP contribution in [-0.2, 0) is 0 Å². The van der Waals surface area contributed by atoms with Gasteiger partial charge in [0.2, 0.25) is 16.9 Å². The maximum atomic E-state index is 5.83. The number of hydrogen-bond donors (Lipinski definition) is 0. The van der Waals surface area contributed by atoms with Gasteiger partial charge in [-0.3, -0.25) is 0 Å². The molecule has 3 aromatic heterocycles. The van der Waals surface area contributed by atoms with Gasteiger partial charge in [-0.1, -0.05) is 11.8 Å². The fourth-order valence-electron chi connectivity index (χ4n) is 2.66. The summed E-state index contributed by atoms with van der Waals surface area (Å²) < 4.78 is 12.7. The number of hydrogen-bond acceptors (Lipinski definition) is 8.